The summed E-state index contributed by atoms with van der Waals surface area (Å²) in [7, 11) is 0. The topological polar surface area (TPSA) is 71.0 Å². The predicted octanol–water partition coefficient (Wildman–Crippen LogP) is 3.30. The average molecular weight is 379 g/mol. The van der Waals surface area contributed by atoms with Crippen LogP contribution in [0.25, 0.3) is 0 Å². The fourth-order valence-corrected chi connectivity index (χ4v) is 3.25. The van der Waals surface area contributed by atoms with Crippen LogP contribution in [0, 0.1) is 0 Å². The molecule has 0 fully saturated rings. The first-order valence-corrected chi connectivity index (χ1v) is 9.61. The second kappa shape index (κ2) is 9.69. The molecule has 28 heavy (non-hydrogen) atoms. The summed E-state index contributed by atoms with van der Waals surface area (Å²) < 4.78 is 5.52. The molecular formula is C22H25N3O3. The molecule has 0 unspecified atom stereocenters. The lowest BCUT2D eigenvalue weighted by atomic mass is 10.0. The van der Waals surface area contributed by atoms with E-state index in [-0.39, 0.29) is 24.7 Å². The zero-order chi connectivity index (χ0) is 19.8. The fourth-order valence-electron chi connectivity index (χ4n) is 3.25. The van der Waals surface area contributed by atoms with Gasteiger partial charge in [0.2, 0.25) is 11.8 Å². The Balaban J connectivity index is 1.51. The lowest BCUT2D eigenvalue weighted by molar-refractivity contribution is -0.125. The maximum atomic E-state index is 12.6. The maximum absolute atomic E-state index is 12.6. The van der Waals surface area contributed by atoms with E-state index in [4.69, 9.17) is 4.74 Å². The highest BCUT2D eigenvalue weighted by molar-refractivity contribution is 5.96. The molecule has 0 saturated carbocycles. The van der Waals surface area contributed by atoms with Gasteiger partial charge in [0.25, 0.3) is 0 Å². The standard InChI is InChI=1S/C22H25N3O3/c1-2-28-20-12-6-4-9-18(20)16-23-24-21(26)13-14-22(27)25-15-7-10-17-8-3-5-11-19(17)25/h3-6,8-9,11-12,16H,2,7,10,13-15H2,1H3,(H,24,26)/b23-16+. The number of fused-ring (bicyclic) bond motifs is 1. The van der Waals surface area contributed by atoms with E-state index in [1.807, 2.05) is 49.4 Å². The van der Waals surface area contributed by atoms with Crippen LogP contribution < -0.4 is 15.1 Å². The van der Waals surface area contributed by atoms with E-state index in [9.17, 15) is 9.59 Å². The van der Waals surface area contributed by atoms with Crippen molar-refractivity contribution in [1.29, 1.82) is 0 Å². The van der Waals surface area contributed by atoms with Crippen LogP contribution in [-0.2, 0) is 16.0 Å². The summed E-state index contributed by atoms with van der Waals surface area (Å²) in [6, 6.07) is 15.4. The lowest BCUT2D eigenvalue weighted by Gasteiger charge is -2.29. The molecule has 0 saturated heterocycles. The highest BCUT2D eigenvalue weighted by Gasteiger charge is 2.22. The van der Waals surface area contributed by atoms with E-state index in [1.165, 1.54) is 5.56 Å². The maximum Gasteiger partial charge on any atom is 0.240 e. The molecule has 0 bridgehead atoms. The molecule has 6 heteroatoms. The number of aryl methyl sites for hydroxylation is 1. The Hall–Kier alpha value is -3.15. The molecular weight excluding hydrogens is 354 g/mol. The number of amides is 2. The van der Waals surface area contributed by atoms with Gasteiger partial charge < -0.3 is 9.64 Å². The summed E-state index contributed by atoms with van der Waals surface area (Å²) in [5.41, 5.74) is 5.41. The smallest absolute Gasteiger partial charge is 0.240 e. The minimum atomic E-state index is -0.288. The quantitative estimate of drug-likeness (QED) is 0.593. The molecule has 2 aromatic carbocycles. The van der Waals surface area contributed by atoms with Gasteiger partial charge >= 0.3 is 0 Å². The molecule has 1 heterocycles. The first-order chi connectivity index (χ1) is 13.7. The number of anilines is 1. The number of nitrogens with zero attached hydrogens (tertiary/aromatic N) is 2. The van der Waals surface area contributed by atoms with Crippen molar-refractivity contribution < 1.29 is 14.3 Å². The van der Waals surface area contributed by atoms with Crippen LogP contribution in [0.4, 0.5) is 5.69 Å². The van der Waals surface area contributed by atoms with Crippen molar-refractivity contribution in [3.8, 4) is 5.75 Å². The van der Waals surface area contributed by atoms with Crippen LogP contribution in [0.2, 0.25) is 0 Å². The van der Waals surface area contributed by atoms with Gasteiger partial charge in [-0.1, -0.05) is 30.3 Å². The summed E-state index contributed by atoms with van der Waals surface area (Å²) in [6.07, 6.45) is 3.73. The van der Waals surface area contributed by atoms with Crippen LogP contribution in [0.3, 0.4) is 0 Å². The van der Waals surface area contributed by atoms with Crippen molar-refractivity contribution >= 4 is 23.7 Å². The molecule has 3 rings (SSSR count). The first kappa shape index (κ1) is 19.6. The Bertz CT molecular complexity index is 864. The normalized spacial score (nSPS) is 13.2. The second-order valence-corrected chi connectivity index (χ2v) is 6.54. The van der Waals surface area contributed by atoms with E-state index >= 15 is 0 Å². The van der Waals surface area contributed by atoms with Gasteiger partial charge in [0.1, 0.15) is 5.75 Å². The lowest BCUT2D eigenvalue weighted by Crippen LogP contribution is -2.36. The summed E-state index contributed by atoms with van der Waals surface area (Å²) in [5, 5.41) is 3.98. The third-order valence-electron chi connectivity index (χ3n) is 4.59. The van der Waals surface area contributed by atoms with Gasteiger partial charge in [-0.2, -0.15) is 5.10 Å². The summed E-state index contributed by atoms with van der Waals surface area (Å²) in [5.74, 6) is 0.388. The second-order valence-electron chi connectivity index (χ2n) is 6.54. The van der Waals surface area contributed by atoms with Crippen LogP contribution in [0.1, 0.15) is 37.3 Å². The van der Waals surface area contributed by atoms with Crippen molar-refractivity contribution in [1.82, 2.24) is 5.43 Å². The number of nitrogens with one attached hydrogen (secondary N) is 1. The van der Waals surface area contributed by atoms with Crippen LogP contribution in [0.5, 0.6) is 5.75 Å². The van der Waals surface area contributed by atoms with Crippen molar-refractivity contribution in [2.45, 2.75) is 32.6 Å². The minimum Gasteiger partial charge on any atom is -0.493 e. The molecule has 0 radical (unpaired) electrons. The predicted molar refractivity (Wildman–Crippen MR) is 110 cm³/mol. The molecule has 2 amide bonds. The molecule has 1 aliphatic heterocycles. The summed E-state index contributed by atoms with van der Waals surface area (Å²) in [4.78, 5) is 26.4. The van der Waals surface area contributed by atoms with Crippen molar-refractivity contribution in [3.63, 3.8) is 0 Å². The van der Waals surface area contributed by atoms with Crippen LogP contribution in [-0.4, -0.2) is 31.2 Å². The third kappa shape index (κ3) is 4.97. The first-order valence-electron chi connectivity index (χ1n) is 9.61. The zero-order valence-electron chi connectivity index (χ0n) is 16.1. The average Bonchev–Trinajstić information content (AvgIpc) is 2.73. The number of carbonyl (C=O) groups is 2. The fraction of sp³-hybridized carbons (Fsp3) is 0.318. The van der Waals surface area contributed by atoms with Gasteiger partial charge in [0.15, 0.2) is 0 Å². The minimum absolute atomic E-state index is 0.0343. The number of para-hydroxylation sites is 2. The highest BCUT2D eigenvalue weighted by Crippen LogP contribution is 2.27. The number of rotatable bonds is 7. The van der Waals surface area contributed by atoms with E-state index < -0.39 is 0 Å². The van der Waals surface area contributed by atoms with Gasteiger partial charge in [-0.3, -0.25) is 9.59 Å². The summed E-state index contributed by atoms with van der Waals surface area (Å²) >= 11 is 0. The van der Waals surface area contributed by atoms with E-state index in [2.05, 4.69) is 16.6 Å². The molecule has 0 aliphatic carbocycles. The molecule has 1 N–H and O–H groups in total. The van der Waals surface area contributed by atoms with Crippen molar-refractivity contribution in [3.05, 3.63) is 59.7 Å². The van der Waals surface area contributed by atoms with Gasteiger partial charge in [-0.05, 0) is 43.5 Å². The van der Waals surface area contributed by atoms with E-state index in [0.717, 1.165) is 24.1 Å². The third-order valence-corrected chi connectivity index (χ3v) is 4.59. The van der Waals surface area contributed by atoms with E-state index in [0.29, 0.717) is 18.9 Å². The molecule has 0 spiro atoms. The molecule has 0 aromatic heterocycles. The Morgan fingerprint density at radius 1 is 1.14 bits per heavy atom. The number of hydrogen-bond acceptors (Lipinski definition) is 4. The van der Waals surface area contributed by atoms with Crippen LogP contribution >= 0.6 is 0 Å². The molecule has 0 atom stereocenters. The summed E-state index contributed by atoms with van der Waals surface area (Å²) in [6.45, 7) is 3.16. The SMILES string of the molecule is CCOc1ccccc1/C=N/NC(=O)CCC(=O)N1CCCc2ccccc21. The number of benzene rings is 2. The van der Waals surface area contributed by atoms with Crippen molar-refractivity contribution in [2.75, 3.05) is 18.1 Å². The largest absolute Gasteiger partial charge is 0.493 e. The van der Waals surface area contributed by atoms with Gasteiger partial charge in [-0.15, -0.1) is 0 Å². The number of hydrogen-bond donors (Lipinski definition) is 1. The van der Waals surface area contributed by atoms with Gasteiger partial charge in [-0.25, -0.2) is 5.43 Å². The number of hydrazone groups is 1. The van der Waals surface area contributed by atoms with Crippen molar-refractivity contribution in [2.24, 2.45) is 5.10 Å². The molecule has 2 aromatic rings. The number of carbonyl (C=O) groups excluding carboxylic acids is 2. The van der Waals surface area contributed by atoms with Gasteiger partial charge in [0.05, 0.1) is 12.8 Å². The Morgan fingerprint density at radius 2 is 1.93 bits per heavy atom. The highest BCUT2D eigenvalue weighted by atomic mass is 16.5. The molecule has 146 valence electrons. The van der Waals surface area contributed by atoms with Gasteiger partial charge in [0, 0.05) is 30.6 Å². The monoisotopic (exact) mass is 379 g/mol. The molecule has 1 aliphatic rings. The van der Waals surface area contributed by atoms with E-state index in [1.54, 1.807) is 11.1 Å². The zero-order valence-corrected chi connectivity index (χ0v) is 16.1. The number of ether oxygens (including phenoxy) is 1. The molecule has 6 nitrogen and oxygen atoms in total. The Kier molecular flexibility index (Phi) is 6.78. The Labute approximate surface area is 165 Å². The Morgan fingerprint density at radius 3 is 2.79 bits per heavy atom. The van der Waals surface area contributed by atoms with Crippen LogP contribution in [0.15, 0.2) is 53.6 Å².